The zero-order valence-electron chi connectivity index (χ0n) is 10.8. The molecule has 0 spiro atoms. The molecular weight excluding hydrogens is 290 g/mol. The number of rotatable bonds is 4. The fourth-order valence-electron chi connectivity index (χ4n) is 2.41. The molecule has 1 aliphatic rings. The van der Waals surface area contributed by atoms with Gasteiger partial charge < -0.3 is 4.90 Å². The number of benzene rings is 1. The van der Waals surface area contributed by atoms with Crippen molar-refractivity contribution in [3.8, 4) is 0 Å². The van der Waals surface area contributed by atoms with Crippen LogP contribution in [0.3, 0.4) is 0 Å². The van der Waals surface area contributed by atoms with Gasteiger partial charge in [0.1, 0.15) is 0 Å². The fourth-order valence-corrected chi connectivity index (χ4v) is 3.03. The molecule has 1 heterocycles. The van der Waals surface area contributed by atoms with E-state index in [0.717, 1.165) is 32.4 Å². The van der Waals surface area contributed by atoms with Crippen molar-refractivity contribution in [1.82, 2.24) is 4.90 Å². The minimum Gasteiger partial charge on any atom is -0.342 e. The van der Waals surface area contributed by atoms with Crippen molar-refractivity contribution >= 4 is 21.8 Å². The standard InChI is InChI=1S/C15H20BrNO/c1-12(13-6-3-2-4-7-13)9-11-17-10-5-8-14(16)15(17)18/h2-4,6-7,12,14H,5,8-11H2,1H3. The number of halogens is 1. The van der Waals surface area contributed by atoms with Crippen molar-refractivity contribution in [2.24, 2.45) is 0 Å². The van der Waals surface area contributed by atoms with Gasteiger partial charge in [-0.1, -0.05) is 53.2 Å². The first kappa shape index (κ1) is 13.6. The van der Waals surface area contributed by atoms with Gasteiger partial charge in [-0.15, -0.1) is 0 Å². The average Bonchev–Trinajstić information content (AvgIpc) is 2.41. The highest BCUT2D eigenvalue weighted by molar-refractivity contribution is 9.10. The monoisotopic (exact) mass is 309 g/mol. The smallest absolute Gasteiger partial charge is 0.236 e. The first-order chi connectivity index (χ1) is 8.68. The van der Waals surface area contributed by atoms with E-state index in [2.05, 4.69) is 47.1 Å². The topological polar surface area (TPSA) is 20.3 Å². The normalized spacial score (nSPS) is 22.0. The number of likely N-dealkylation sites (tertiary alicyclic amines) is 1. The van der Waals surface area contributed by atoms with Crippen LogP contribution in [0.5, 0.6) is 0 Å². The molecule has 1 aliphatic heterocycles. The highest BCUT2D eigenvalue weighted by Crippen LogP contribution is 2.22. The minimum absolute atomic E-state index is 0.0401. The van der Waals surface area contributed by atoms with E-state index in [1.54, 1.807) is 0 Å². The average molecular weight is 310 g/mol. The third-order valence-electron chi connectivity index (χ3n) is 3.67. The van der Waals surface area contributed by atoms with Crippen molar-refractivity contribution in [3.05, 3.63) is 35.9 Å². The second-order valence-corrected chi connectivity index (χ2v) is 6.14. The van der Waals surface area contributed by atoms with E-state index in [4.69, 9.17) is 0 Å². The predicted molar refractivity (Wildman–Crippen MR) is 78.0 cm³/mol. The maximum atomic E-state index is 12.0. The quantitative estimate of drug-likeness (QED) is 0.779. The lowest BCUT2D eigenvalue weighted by molar-refractivity contribution is -0.132. The van der Waals surface area contributed by atoms with Gasteiger partial charge in [-0.25, -0.2) is 0 Å². The lowest BCUT2D eigenvalue weighted by Gasteiger charge is -2.30. The Morgan fingerprint density at radius 1 is 1.39 bits per heavy atom. The lowest BCUT2D eigenvalue weighted by atomic mass is 9.97. The number of alkyl halides is 1. The number of hydrogen-bond donors (Lipinski definition) is 0. The van der Waals surface area contributed by atoms with Crippen molar-refractivity contribution in [3.63, 3.8) is 0 Å². The van der Waals surface area contributed by atoms with Gasteiger partial charge in [0.2, 0.25) is 5.91 Å². The Hall–Kier alpha value is -0.830. The van der Waals surface area contributed by atoms with Crippen LogP contribution in [0.15, 0.2) is 30.3 Å². The molecule has 18 heavy (non-hydrogen) atoms. The first-order valence-electron chi connectivity index (χ1n) is 6.66. The number of amides is 1. The predicted octanol–water partition coefficient (Wildman–Crippen LogP) is 3.57. The molecule has 1 aromatic carbocycles. The highest BCUT2D eigenvalue weighted by atomic mass is 79.9. The molecular formula is C15H20BrNO. The maximum absolute atomic E-state index is 12.0. The molecule has 0 saturated carbocycles. The van der Waals surface area contributed by atoms with Crippen molar-refractivity contribution in [1.29, 1.82) is 0 Å². The van der Waals surface area contributed by atoms with Crippen LogP contribution < -0.4 is 0 Å². The molecule has 1 fully saturated rings. The van der Waals surface area contributed by atoms with Crippen LogP contribution in [0.1, 0.15) is 37.7 Å². The molecule has 98 valence electrons. The molecule has 0 bridgehead atoms. The van der Waals surface area contributed by atoms with Crippen LogP contribution in [0.25, 0.3) is 0 Å². The number of hydrogen-bond acceptors (Lipinski definition) is 1. The van der Waals surface area contributed by atoms with Gasteiger partial charge >= 0.3 is 0 Å². The molecule has 2 nitrogen and oxygen atoms in total. The second kappa shape index (κ2) is 6.37. The van der Waals surface area contributed by atoms with Gasteiger partial charge in [0.05, 0.1) is 4.83 Å². The molecule has 0 N–H and O–H groups in total. The first-order valence-corrected chi connectivity index (χ1v) is 7.58. The number of carbonyl (C=O) groups is 1. The Morgan fingerprint density at radius 3 is 2.83 bits per heavy atom. The second-order valence-electron chi connectivity index (χ2n) is 5.04. The molecule has 0 radical (unpaired) electrons. The van der Waals surface area contributed by atoms with E-state index in [9.17, 15) is 4.79 Å². The van der Waals surface area contributed by atoms with Gasteiger partial charge in [0.15, 0.2) is 0 Å². The van der Waals surface area contributed by atoms with Crippen LogP contribution >= 0.6 is 15.9 Å². The van der Waals surface area contributed by atoms with E-state index < -0.39 is 0 Å². The zero-order chi connectivity index (χ0) is 13.0. The van der Waals surface area contributed by atoms with E-state index in [1.807, 2.05) is 11.0 Å². The molecule has 1 saturated heterocycles. The van der Waals surface area contributed by atoms with Crippen LogP contribution in [0, 0.1) is 0 Å². The number of piperidine rings is 1. The van der Waals surface area contributed by atoms with E-state index >= 15 is 0 Å². The summed E-state index contributed by atoms with van der Waals surface area (Å²) in [5.74, 6) is 0.774. The number of carbonyl (C=O) groups excluding carboxylic acids is 1. The summed E-state index contributed by atoms with van der Waals surface area (Å²) < 4.78 is 0. The van der Waals surface area contributed by atoms with E-state index in [1.165, 1.54) is 5.56 Å². The molecule has 1 aromatic rings. The summed E-state index contributed by atoms with van der Waals surface area (Å²) in [6, 6.07) is 10.5. The molecule has 1 amide bonds. The van der Waals surface area contributed by atoms with Crippen LogP contribution in [-0.4, -0.2) is 28.7 Å². The Balaban J connectivity index is 1.86. The summed E-state index contributed by atoms with van der Waals surface area (Å²) in [6.07, 6.45) is 3.13. The molecule has 0 aromatic heterocycles. The van der Waals surface area contributed by atoms with Gasteiger partial charge in [-0.2, -0.15) is 0 Å². The minimum atomic E-state index is 0.0401. The third kappa shape index (κ3) is 3.35. The molecule has 2 unspecified atom stereocenters. The Bertz CT molecular complexity index is 393. The summed E-state index contributed by atoms with van der Waals surface area (Å²) in [5.41, 5.74) is 1.36. The summed E-state index contributed by atoms with van der Waals surface area (Å²) in [4.78, 5) is 14.0. The Kier molecular flexibility index (Phi) is 4.81. The summed E-state index contributed by atoms with van der Waals surface area (Å²) in [7, 11) is 0. The van der Waals surface area contributed by atoms with Gasteiger partial charge in [0.25, 0.3) is 0 Å². The fraction of sp³-hybridized carbons (Fsp3) is 0.533. The highest BCUT2D eigenvalue weighted by Gasteiger charge is 2.26. The van der Waals surface area contributed by atoms with E-state index in [0.29, 0.717) is 5.92 Å². The summed E-state index contributed by atoms with van der Waals surface area (Å²) in [6.45, 7) is 4.02. The summed E-state index contributed by atoms with van der Waals surface area (Å²) >= 11 is 3.45. The molecule has 3 heteroatoms. The summed E-state index contributed by atoms with van der Waals surface area (Å²) in [5, 5.41) is 0. The van der Waals surface area contributed by atoms with Gasteiger partial charge in [-0.05, 0) is 30.7 Å². The van der Waals surface area contributed by atoms with Crippen molar-refractivity contribution in [2.75, 3.05) is 13.1 Å². The van der Waals surface area contributed by atoms with Gasteiger partial charge in [0, 0.05) is 13.1 Å². The molecule has 2 atom stereocenters. The van der Waals surface area contributed by atoms with E-state index in [-0.39, 0.29) is 10.7 Å². The van der Waals surface area contributed by atoms with Crippen LogP contribution in [-0.2, 0) is 4.79 Å². The largest absolute Gasteiger partial charge is 0.342 e. The van der Waals surface area contributed by atoms with Crippen molar-refractivity contribution < 1.29 is 4.79 Å². The van der Waals surface area contributed by atoms with Crippen LogP contribution in [0.2, 0.25) is 0 Å². The zero-order valence-corrected chi connectivity index (χ0v) is 12.4. The maximum Gasteiger partial charge on any atom is 0.236 e. The third-order valence-corrected chi connectivity index (χ3v) is 4.52. The van der Waals surface area contributed by atoms with Gasteiger partial charge in [-0.3, -0.25) is 4.79 Å². The van der Waals surface area contributed by atoms with Crippen LogP contribution in [0.4, 0.5) is 0 Å². The lowest BCUT2D eigenvalue weighted by Crippen LogP contribution is -2.42. The van der Waals surface area contributed by atoms with Crippen molar-refractivity contribution in [2.45, 2.75) is 36.9 Å². The Labute approximate surface area is 117 Å². The molecule has 0 aliphatic carbocycles. The number of nitrogens with zero attached hydrogens (tertiary/aromatic N) is 1. The SMILES string of the molecule is CC(CCN1CCCC(Br)C1=O)c1ccccc1. The molecule has 2 rings (SSSR count). The Morgan fingerprint density at radius 2 is 2.11 bits per heavy atom.